The molecular formula is C18H21NOS. The topological polar surface area (TPSA) is 32.3 Å². The fourth-order valence-corrected chi connectivity index (χ4v) is 3.92. The molecule has 2 unspecified atom stereocenters. The second-order valence-corrected chi connectivity index (χ2v) is 7.00. The molecule has 0 radical (unpaired) electrons. The molecule has 0 saturated carbocycles. The lowest BCUT2D eigenvalue weighted by atomic mass is 9.83. The summed E-state index contributed by atoms with van der Waals surface area (Å²) in [5, 5.41) is 16.6. The summed E-state index contributed by atoms with van der Waals surface area (Å²) in [5.74, 6) is 0.143. The Labute approximate surface area is 129 Å². The predicted molar refractivity (Wildman–Crippen MR) is 92.0 cm³/mol. The molecule has 1 heterocycles. The molecule has 2 nitrogen and oxygen atoms in total. The molecule has 1 aromatic heterocycles. The monoisotopic (exact) mass is 299 g/mol. The number of benzene rings is 2. The molecule has 0 fully saturated rings. The molecule has 0 amide bonds. The number of fused-ring (bicyclic) bond motifs is 3. The van der Waals surface area contributed by atoms with Gasteiger partial charge in [0.15, 0.2) is 0 Å². The van der Waals surface area contributed by atoms with Crippen molar-refractivity contribution in [3.63, 3.8) is 0 Å². The Kier molecular flexibility index (Phi) is 3.74. The number of hydrogen-bond acceptors (Lipinski definition) is 3. The van der Waals surface area contributed by atoms with E-state index in [0.29, 0.717) is 0 Å². The van der Waals surface area contributed by atoms with Crippen LogP contribution >= 0.6 is 11.3 Å². The number of nitrogens with one attached hydrogen (secondary N) is 1. The van der Waals surface area contributed by atoms with Gasteiger partial charge in [0, 0.05) is 32.6 Å². The van der Waals surface area contributed by atoms with Crippen molar-refractivity contribution in [2.24, 2.45) is 5.92 Å². The van der Waals surface area contributed by atoms with Crippen LogP contribution in [0.15, 0.2) is 42.5 Å². The van der Waals surface area contributed by atoms with Crippen molar-refractivity contribution < 1.29 is 5.11 Å². The maximum atomic E-state index is 10.9. The summed E-state index contributed by atoms with van der Waals surface area (Å²) < 4.78 is 2.57. The van der Waals surface area contributed by atoms with Gasteiger partial charge in [0.1, 0.15) is 0 Å². The van der Waals surface area contributed by atoms with Crippen LogP contribution in [0.4, 0.5) is 0 Å². The molecule has 0 aliphatic rings. The maximum Gasteiger partial charge on any atom is 0.0906 e. The van der Waals surface area contributed by atoms with Crippen molar-refractivity contribution in [1.82, 2.24) is 5.32 Å². The first kappa shape index (κ1) is 14.5. The van der Waals surface area contributed by atoms with Gasteiger partial charge in [-0.1, -0.05) is 31.2 Å². The molecule has 0 saturated heterocycles. The van der Waals surface area contributed by atoms with Crippen LogP contribution in [-0.4, -0.2) is 18.7 Å². The van der Waals surface area contributed by atoms with Crippen LogP contribution in [0.2, 0.25) is 0 Å². The van der Waals surface area contributed by atoms with Crippen LogP contribution in [-0.2, 0) is 5.60 Å². The van der Waals surface area contributed by atoms with Gasteiger partial charge in [-0.2, -0.15) is 0 Å². The maximum absolute atomic E-state index is 10.9. The lowest BCUT2D eigenvalue weighted by Crippen LogP contribution is -2.35. The van der Waals surface area contributed by atoms with Crippen LogP contribution in [0.5, 0.6) is 0 Å². The molecule has 110 valence electrons. The van der Waals surface area contributed by atoms with E-state index < -0.39 is 5.60 Å². The van der Waals surface area contributed by atoms with Gasteiger partial charge in [0.2, 0.25) is 0 Å². The third-order valence-corrected chi connectivity index (χ3v) is 5.58. The third-order valence-electron chi connectivity index (χ3n) is 4.43. The highest BCUT2D eigenvalue weighted by atomic mass is 32.1. The van der Waals surface area contributed by atoms with Gasteiger partial charge in [0.25, 0.3) is 0 Å². The fraction of sp³-hybridized carbons (Fsp3) is 0.333. The molecule has 3 rings (SSSR count). The SMILES string of the molecule is CNCC(C)C(C)(O)c1ccc2sc3ccccc3c2c1. The van der Waals surface area contributed by atoms with E-state index in [-0.39, 0.29) is 5.92 Å². The van der Waals surface area contributed by atoms with Gasteiger partial charge in [-0.25, -0.2) is 0 Å². The zero-order chi connectivity index (χ0) is 15.0. The van der Waals surface area contributed by atoms with E-state index in [2.05, 4.69) is 54.7 Å². The van der Waals surface area contributed by atoms with Gasteiger partial charge in [-0.3, -0.25) is 0 Å². The Morgan fingerprint density at radius 1 is 1.14 bits per heavy atom. The summed E-state index contributed by atoms with van der Waals surface area (Å²) in [4.78, 5) is 0. The normalized spacial score (nSPS) is 16.2. The number of rotatable bonds is 4. The number of hydrogen-bond donors (Lipinski definition) is 2. The summed E-state index contributed by atoms with van der Waals surface area (Å²) in [5.41, 5.74) is 0.154. The smallest absolute Gasteiger partial charge is 0.0906 e. The predicted octanol–water partition coefficient (Wildman–Crippen LogP) is 4.12. The highest BCUT2D eigenvalue weighted by Gasteiger charge is 2.30. The Bertz CT molecular complexity index is 775. The average Bonchev–Trinajstić information content (AvgIpc) is 2.85. The molecule has 2 aromatic carbocycles. The summed E-state index contributed by atoms with van der Waals surface area (Å²) in [6, 6.07) is 14.8. The minimum Gasteiger partial charge on any atom is -0.385 e. The first-order valence-electron chi connectivity index (χ1n) is 7.33. The largest absolute Gasteiger partial charge is 0.385 e. The van der Waals surface area contributed by atoms with E-state index in [1.54, 1.807) is 11.3 Å². The van der Waals surface area contributed by atoms with Crippen LogP contribution in [0.3, 0.4) is 0 Å². The Morgan fingerprint density at radius 3 is 2.62 bits per heavy atom. The van der Waals surface area contributed by atoms with E-state index in [0.717, 1.165) is 12.1 Å². The van der Waals surface area contributed by atoms with Crippen LogP contribution < -0.4 is 5.32 Å². The van der Waals surface area contributed by atoms with Crippen molar-refractivity contribution >= 4 is 31.5 Å². The number of thiophene rings is 1. The fourth-order valence-electron chi connectivity index (χ4n) is 2.83. The molecule has 0 bridgehead atoms. The van der Waals surface area contributed by atoms with Crippen molar-refractivity contribution in [2.45, 2.75) is 19.4 Å². The quantitative estimate of drug-likeness (QED) is 0.759. The second-order valence-electron chi connectivity index (χ2n) is 5.92. The van der Waals surface area contributed by atoms with E-state index >= 15 is 0 Å². The van der Waals surface area contributed by atoms with E-state index in [4.69, 9.17) is 0 Å². The molecular weight excluding hydrogens is 278 g/mol. The highest BCUT2D eigenvalue weighted by molar-refractivity contribution is 7.25. The van der Waals surface area contributed by atoms with Crippen molar-refractivity contribution in [2.75, 3.05) is 13.6 Å². The average molecular weight is 299 g/mol. The minimum atomic E-state index is -0.833. The van der Waals surface area contributed by atoms with E-state index in [1.807, 2.05) is 14.0 Å². The van der Waals surface area contributed by atoms with Crippen molar-refractivity contribution in [3.05, 3.63) is 48.0 Å². The molecule has 21 heavy (non-hydrogen) atoms. The summed E-state index contributed by atoms with van der Waals surface area (Å²) in [7, 11) is 1.92. The highest BCUT2D eigenvalue weighted by Crippen LogP contribution is 2.37. The lowest BCUT2D eigenvalue weighted by Gasteiger charge is -2.31. The Hall–Kier alpha value is -1.42. The van der Waals surface area contributed by atoms with E-state index in [1.165, 1.54) is 20.2 Å². The second kappa shape index (κ2) is 5.41. The molecule has 0 aliphatic carbocycles. The first-order valence-corrected chi connectivity index (χ1v) is 8.14. The summed E-state index contributed by atoms with van der Waals surface area (Å²) >= 11 is 1.81. The van der Waals surface area contributed by atoms with Crippen LogP contribution in [0.1, 0.15) is 19.4 Å². The molecule has 2 N–H and O–H groups in total. The lowest BCUT2D eigenvalue weighted by molar-refractivity contribution is 0.00270. The first-order chi connectivity index (χ1) is 10.0. The number of aliphatic hydroxyl groups is 1. The van der Waals surface area contributed by atoms with Gasteiger partial charge >= 0.3 is 0 Å². The zero-order valence-electron chi connectivity index (χ0n) is 12.7. The summed E-state index contributed by atoms with van der Waals surface area (Å²) in [6.07, 6.45) is 0. The minimum absolute atomic E-state index is 0.143. The van der Waals surface area contributed by atoms with Crippen LogP contribution in [0, 0.1) is 5.92 Å². The van der Waals surface area contributed by atoms with E-state index in [9.17, 15) is 5.11 Å². The van der Waals surface area contributed by atoms with Crippen molar-refractivity contribution in [1.29, 1.82) is 0 Å². The van der Waals surface area contributed by atoms with Gasteiger partial charge < -0.3 is 10.4 Å². The molecule has 2 atom stereocenters. The Morgan fingerprint density at radius 2 is 1.86 bits per heavy atom. The zero-order valence-corrected chi connectivity index (χ0v) is 13.5. The third kappa shape index (κ3) is 2.46. The van der Waals surface area contributed by atoms with Crippen molar-refractivity contribution in [3.8, 4) is 0 Å². The van der Waals surface area contributed by atoms with Crippen LogP contribution in [0.25, 0.3) is 20.2 Å². The summed E-state index contributed by atoms with van der Waals surface area (Å²) in [6.45, 7) is 4.77. The molecule has 0 aliphatic heterocycles. The molecule has 3 heteroatoms. The molecule has 3 aromatic rings. The van der Waals surface area contributed by atoms with Gasteiger partial charge in [0.05, 0.1) is 5.60 Å². The van der Waals surface area contributed by atoms with Gasteiger partial charge in [-0.15, -0.1) is 11.3 Å². The Balaban J connectivity index is 2.14. The molecule has 0 spiro atoms. The standard InChI is InChI=1S/C18H21NOS/c1-12(11-19-3)18(2,20)13-8-9-17-15(10-13)14-6-4-5-7-16(14)21-17/h4-10,12,19-20H,11H2,1-3H3. The van der Waals surface area contributed by atoms with Gasteiger partial charge in [-0.05, 0) is 37.7 Å².